The molecule has 0 aromatic rings. The lowest BCUT2D eigenvalue weighted by Crippen LogP contribution is -2.24. The molecule has 0 aromatic carbocycles. The molecule has 2 heteroatoms. The van der Waals surface area contributed by atoms with Gasteiger partial charge < -0.3 is 4.84 Å². The lowest BCUT2D eigenvalue weighted by Gasteiger charge is -2.24. The van der Waals surface area contributed by atoms with E-state index in [1.54, 1.807) is 0 Å². The lowest BCUT2D eigenvalue weighted by molar-refractivity contribution is -0.00185. The van der Waals surface area contributed by atoms with Gasteiger partial charge in [0.25, 0.3) is 0 Å². The summed E-state index contributed by atoms with van der Waals surface area (Å²) < 4.78 is 0. The molecule has 0 saturated heterocycles. The summed E-state index contributed by atoms with van der Waals surface area (Å²) in [6.45, 7) is 12.5. The van der Waals surface area contributed by atoms with Gasteiger partial charge in [-0.05, 0) is 20.3 Å². The summed E-state index contributed by atoms with van der Waals surface area (Å²) in [5.41, 5.74) is 1.21. The van der Waals surface area contributed by atoms with Crippen LogP contribution in [0.15, 0.2) is 5.16 Å². The number of oxime groups is 1. The third-order valence-electron chi connectivity index (χ3n) is 2.10. The largest absolute Gasteiger partial charge is 0.392 e. The molecule has 0 N–H and O–H groups in total. The SMILES string of the molecule is CC/C(C)=N/OC(C)C(C)(C)C. The molecule has 0 aliphatic rings. The highest BCUT2D eigenvalue weighted by Crippen LogP contribution is 2.21. The third-order valence-corrected chi connectivity index (χ3v) is 2.10. The first-order valence-corrected chi connectivity index (χ1v) is 4.57. The maximum absolute atomic E-state index is 5.35. The smallest absolute Gasteiger partial charge is 0.129 e. The minimum absolute atomic E-state index is 0.164. The van der Waals surface area contributed by atoms with E-state index in [-0.39, 0.29) is 11.5 Å². The van der Waals surface area contributed by atoms with Crippen LogP contribution in [0.2, 0.25) is 0 Å². The first-order valence-electron chi connectivity index (χ1n) is 4.57. The topological polar surface area (TPSA) is 21.6 Å². The van der Waals surface area contributed by atoms with Gasteiger partial charge in [-0.1, -0.05) is 32.9 Å². The molecular formula is C10H21NO. The van der Waals surface area contributed by atoms with Crippen molar-refractivity contribution >= 4 is 5.71 Å². The highest BCUT2D eigenvalue weighted by atomic mass is 16.6. The molecule has 2 nitrogen and oxygen atoms in total. The van der Waals surface area contributed by atoms with Crippen LogP contribution in [-0.4, -0.2) is 11.8 Å². The summed E-state index contributed by atoms with van der Waals surface area (Å²) >= 11 is 0. The molecule has 72 valence electrons. The number of rotatable bonds is 3. The predicted octanol–water partition coefficient (Wildman–Crippen LogP) is 3.22. The molecule has 0 saturated carbocycles. The van der Waals surface area contributed by atoms with Crippen LogP contribution in [0, 0.1) is 5.41 Å². The number of nitrogens with zero attached hydrogens (tertiary/aromatic N) is 1. The normalized spacial score (nSPS) is 16.0. The van der Waals surface area contributed by atoms with Crippen LogP contribution in [0.5, 0.6) is 0 Å². The highest BCUT2D eigenvalue weighted by Gasteiger charge is 2.21. The summed E-state index contributed by atoms with van der Waals surface area (Å²) in [6.07, 6.45) is 1.12. The van der Waals surface area contributed by atoms with E-state index in [1.165, 1.54) is 0 Å². The maximum Gasteiger partial charge on any atom is 0.129 e. The van der Waals surface area contributed by atoms with Gasteiger partial charge in [0.2, 0.25) is 0 Å². The monoisotopic (exact) mass is 171 g/mol. The molecule has 0 spiro atoms. The molecule has 0 fully saturated rings. The fourth-order valence-corrected chi connectivity index (χ4v) is 0.392. The van der Waals surface area contributed by atoms with E-state index in [1.807, 2.05) is 13.8 Å². The Bertz CT molecular complexity index is 156. The molecule has 1 atom stereocenters. The summed E-state index contributed by atoms with van der Waals surface area (Å²) in [5, 5.41) is 4.03. The van der Waals surface area contributed by atoms with Crippen molar-refractivity contribution < 1.29 is 4.84 Å². The van der Waals surface area contributed by atoms with Crippen molar-refractivity contribution in [2.24, 2.45) is 10.6 Å². The van der Waals surface area contributed by atoms with Crippen molar-refractivity contribution in [2.45, 2.75) is 54.1 Å². The predicted molar refractivity (Wildman–Crippen MR) is 53.4 cm³/mol. The van der Waals surface area contributed by atoms with Gasteiger partial charge in [0.1, 0.15) is 6.10 Å². The molecule has 0 rings (SSSR count). The van der Waals surface area contributed by atoms with Crippen molar-refractivity contribution in [3.05, 3.63) is 0 Å². The molecule has 1 unspecified atom stereocenters. The first kappa shape index (κ1) is 11.5. The molecule has 0 amide bonds. The Balaban J connectivity index is 3.94. The van der Waals surface area contributed by atoms with Crippen LogP contribution < -0.4 is 0 Å². The number of hydrogen-bond acceptors (Lipinski definition) is 2. The zero-order chi connectivity index (χ0) is 9.78. The Morgan fingerprint density at radius 2 is 1.92 bits per heavy atom. The van der Waals surface area contributed by atoms with E-state index >= 15 is 0 Å². The summed E-state index contributed by atoms with van der Waals surface area (Å²) in [6, 6.07) is 0. The summed E-state index contributed by atoms with van der Waals surface area (Å²) in [5.74, 6) is 0. The first-order chi connectivity index (χ1) is 5.38. The lowest BCUT2D eigenvalue weighted by atomic mass is 9.90. The van der Waals surface area contributed by atoms with Gasteiger partial charge in [-0.2, -0.15) is 0 Å². The second kappa shape index (κ2) is 4.48. The van der Waals surface area contributed by atoms with Crippen LogP contribution in [0.4, 0.5) is 0 Å². The average Bonchev–Trinajstić information content (AvgIpc) is 1.97. The van der Waals surface area contributed by atoms with E-state index < -0.39 is 0 Å². The molecule has 0 aliphatic heterocycles. The minimum Gasteiger partial charge on any atom is -0.392 e. The molecule has 12 heavy (non-hydrogen) atoms. The van der Waals surface area contributed by atoms with Crippen LogP contribution in [0.3, 0.4) is 0 Å². The van der Waals surface area contributed by atoms with Crippen molar-refractivity contribution in [1.29, 1.82) is 0 Å². The van der Waals surface area contributed by atoms with Gasteiger partial charge in [0.15, 0.2) is 0 Å². The van der Waals surface area contributed by atoms with Crippen molar-refractivity contribution in [3.8, 4) is 0 Å². The van der Waals surface area contributed by atoms with Crippen molar-refractivity contribution in [1.82, 2.24) is 0 Å². The Kier molecular flexibility index (Phi) is 4.29. The van der Waals surface area contributed by atoms with E-state index in [4.69, 9.17) is 4.84 Å². The van der Waals surface area contributed by atoms with Gasteiger partial charge in [0, 0.05) is 5.41 Å². The molecule has 0 aromatic heterocycles. The quantitative estimate of drug-likeness (QED) is 0.472. The molecular weight excluding hydrogens is 150 g/mol. The second-order valence-corrected chi connectivity index (χ2v) is 4.29. The zero-order valence-electron chi connectivity index (χ0n) is 9.14. The van der Waals surface area contributed by atoms with Crippen LogP contribution >= 0.6 is 0 Å². The molecule has 0 heterocycles. The van der Waals surface area contributed by atoms with E-state index in [0.717, 1.165) is 12.1 Å². The standard InChI is InChI=1S/C10H21NO/c1-7-8(2)11-12-9(3)10(4,5)6/h9H,7H2,1-6H3/b11-8+. The zero-order valence-corrected chi connectivity index (χ0v) is 9.14. The molecule has 0 radical (unpaired) electrons. The maximum atomic E-state index is 5.35. The van der Waals surface area contributed by atoms with Gasteiger partial charge in [-0.15, -0.1) is 0 Å². The van der Waals surface area contributed by atoms with Crippen molar-refractivity contribution in [2.75, 3.05) is 0 Å². The highest BCUT2D eigenvalue weighted by molar-refractivity contribution is 5.80. The molecule has 0 aliphatic carbocycles. The molecule has 0 bridgehead atoms. The fraction of sp³-hybridized carbons (Fsp3) is 0.900. The van der Waals surface area contributed by atoms with Gasteiger partial charge >= 0.3 is 0 Å². The fourth-order valence-electron chi connectivity index (χ4n) is 0.392. The van der Waals surface area contributed by atoms with Gasteiger partial charge in [0.05, 0.1) is 5.71 Å². The van der Waals surface area contributed by atoms with E-state index in [0.29, 0.717) is 0 Å². The summed E-state index contributed by atoms with van der Waals surface area (Å²) in [4.78, 5) is 5.35. The van der Waals surface area contributed by atoms with Gasteiger partial charge in [-0.25, -0.2) is 0 Å². The minimum atomic E-state index is 0.164. The van der Waals surface area contributed by atoms with Crippen LogP contribution in [-0.2, 0) is 4.84 Å². The van der Waals surface area contributed by atoms with E-state index in [9.17, 15) is 0 Å². The third kappa shape index (κ3) is 4.37. The van der Waals surface area contributed by atoms with Crippen LogP contribution in [0.1, 0.15) is 48.0 Å². The Hall–Kier alpha value is -0.530. The second-order valence-electron chi connectivity index (χ2n) is 4.29. The van der Waals surface area contributed by atoms with Crippen molar-refractivity contribution in [3.63, 3.8) is 0 Å². The summed E-state index contributed by atoms with van der Waals surface area (Å²) in [7, 11) is 0. The average molecular weight is 171 g/mol. The Morgan fingerprint density at radius 1 is 1.42 bits per heavy atom. The Labute approximate surface area is 76.0 Å². The van der Waals surface area contributed by atoms with E-state index in [2.05, 4.69) is 32.9 Å². The Morgan fingerprint density at radius 3 is 2.25 bits per heavy atom. The number of hydrogen-bond donors (Lipinski definition) is 0. The van der Waals surface area contributed by atoms with Gasteiger partial charge in [-0.3, -0.25) is 0 Å². The van der Waals surface area contributed by atoms with Crippen LogP contribution in [0.25, 0.3) is 0 Å².